The molecule has 0 aliphatic carbocycles. The minimum atomic E-state index is -0.844. The van der Waals surface area contributed by atoms with Crippen molar-refractivity contribution in [1.82, 2.24) is 20.3 Å². The molecule has 9 nitrogen and oxygen atoms in total. The third-order valence-corrected chi connectivity index (χ3v) is 8.68. The molecule has 2 aliphatic heterocycles. The topological polar surface area (TPSA) is 116 Å². The lowest BCUT2D eigenvalue weighted by atomic mass is 9.80. The lowest BCUT2D eigenvalue weighted by Gasteiger charge is -2.35. The number of rotatable bonds is 7. The number of carbonyl (C=O) groups excluding carboxylic acids is 3. The largest absolute Gasteiger partial charge is 0.391 e. The number of aromatic nitrogens is 1. The maximum Gasteiger partial charge on any atom is 0.255 e. The fourth-order valence-electron chi connectivity index (χ4n) is 6.46. The average molecular weight is 587 g/mol. The van der Waals surface area contributed by atoms with Gasteiger partial charge in [0.25, 0.3) is 5.91 Å². The molecule has 3 heterocycles. The molecule has 0 saturated carbocycles. The highest BCUT2D eigenvalue weighted by Crippen LogP contribution is 2.35. The van der Waals surface area contributed by atoms with Crippen LogP contribution >= 0.6 is 0 Å². The molecule has 0 spiro atoms. The molecule has 228 valence electrons. The monoisotopic (exact) mass is 586 g/mol. The summed E-state index contributed by atoms with van der Waals surface area (Å²) in [4.78, 5) is 44.2. The SMILES string of the molecule is Cc1nocc1-c1ccc(C(C)NC(=O)C2CC(O)CN2C(=O)C(C(C)C)N2Cc3ccccc3C2=O)c(C(C)(C)C)c1. The molecule has 4 atom stereocenters. The second-order valence-electron chi connectivity index (χ2n) is 13.3. The van der Waals surface area contributed by atoms with E-state index >= 15 is 0 Å². The van der Waals surface area contributed by atoms with E-state index in [1.165, 1.54) is 4.90 Å². The Morgan fingerprint density at radius 2 is 1.81 bits per heavy atom. The van der Waals surface area contributed by atoms with E-state index in [2.05, 4.69) is 37.3 Å². The summed E-state index contributed by atoms with van der Waals surface area (Å²) in [7, 11) is 0. The quantitative estimate of drug-likeness (QED) is 0.412. The molecule has 1 aromatic heterocycles. The smallest absolute Gasteiger partial charge is 0.255 e. The normalized spacial score (nSPS) is 20.0. The first-order valence-electron chi connectivity index (χ1n) is 15.0. The zero-order valence-corrected chi connectivity index (χ0v) is 26.0. The molecule has 3 amide bonds. The molecular weight excluding hydrogens is 544 g/mol. The highest BCUT2D eigenvalue weighted by atomic mass is 16.5. The van der Waals surface area contributed by atoms with E-state index in [9.17, 15) is 19.5 Å². The Hall–Kier alpha value is -3.98. The van der Waals surface area contributed by atoms with Crippen LogP contribution in [0.3, 0.4) is 0 Å². The molecule has 2 aliphatic rings. The average Bonchev–Trinajstić information content (AvgIpc) is 3.65. The Morgan fingerprint density at radius 1 is 1.09 bits per heavy atom. The van der Waals surface area contributed by atoms with Crippen molar-refractivity contribution >= 4 is 17.7 Å². The number of fused-ring (bicyclic) bond motifs is 1. The number of hydrogen-bond acceptors (Lipinski definition) is 6. The maximum atomic E-state index is 14.1. The lowest BCUT2D eigenvalue weighted by Crippen LogP contribution is -2.55. The molecular formula is C34H42N4O5. The molecule has 2 aromatic carbocycles. The van der Waals surface area contributed by atoms with Gasteiger partial charge in [0.15, 0.2) is 0 Å². The Morgan fingerprint density at radius 3 is 2.44 bits per heavy atom. The van der Waals surface area contributed by atoms with E-state index in [0.29, 0.717) is 12.1 Å². The fourth-order valence-corrected chi connectivity index (χ4v) is 6.46. The zero-order chi connectivity index (χ0) is 31.2. The summed E-state index contributed by atoms with van der Waals surface area (Å²) >= 11 is 0. The molecule has 2 N–H and O–H groups in total. The van der Waals surface area contributed by atoms with E-state index in [0.717, 1.165) is 33.5 Å². The second-order valence-corrected chi connectivity index (χ2v) is 13.3. The van der Waals surface area contributed by atoms with Gasteiger partial charge in [-0.25, -0.2) is 0 Å². The summed E-state index contributed by atoms with van der Waals surface area (Å²) in [5, 5.41) is 17.8. The van der Waals surface area contributed by atoms with Crippen molar-refractivity contribution in [1.29, 1.82) is 0 Å². The number of amides is 3. The number of β-amino-alcohol motifs (C(OH)–C–C–N with tert-alkyl or cyclic N) is 1. The minimum absolute atomic E-state index is 0.0452. The van der Waals surface area contributed by atoms with Crippen molar-refractivity contribution in [3.05, 3.63) is 76.7 Å². The van der Waals surface area contributed by atoms with E-state index in [-0.39, 0.29) is 48.1 Å². The number of likely N-dealkylation sites (tertiary alicyclic amines) is 1. The van der Waals surface area contributed by atoms with Gasteiger partial charge in [-0.15, -0.1) is 0 Å². The summed E-state index contributed by atoms with van der Waals surface area (Å²) in [6.07, 6.45) is 0.948. The summed E-state index contributed by atoms with van der Waals surface area (Å²) in [5.74, 6) is -1.01. The minimum Gasteiger partial charge on any atom is -0.391 e. The molecule has 0 bridgehead atoms. The Bertz CT molecular complexity index is 1540. The Labute approximate surface area is 253 Å². The first kappa shape index (κ1) is 30.5. The van der Waals surface area contributed by atoms with E-state index < -0.39 is 18.2 Å². The second kappa shape index (κ2) is 11.6. The Kier molecular flexibility index (Phi) is 8.22. The number of hydrogen-bond donors (Lipinski definition) is 2. The first-order chi connectivity index (χ1) is 20.3. The van der Waals surface area contributed by atoms with Crippen LogP contribution in [0.5, 0.6) is 0 Å². The van der Waals surface area contributed by atoms with Crippen LogP contribution < -0.4 is 5.32 Å². The van der Waals surface area contributed by atoms with Gasteiger partial charge in [0, 0.05) is 30.6 Å². The van der Waals surface area contributed by atoms with Crippen LogP contribution in [0.25, 0.3) is 11.1 Å². The van der Waals surface area contributed by atoms with Gasteiger partial charge in [-0.1, -0.05) is 76.2 Å². The zero-order valence-electron chi connectivity index (χ0n) is 26.0. The van der Waals surface area contributed by atoms with Crippen molar-refractivity contribution in [3.63, 3.8) is 0 Å². The number of nitrogens with zero attached hydrogens (tertiary/aromatic N) is 3. The fraction of sp³-hybridized carbons (Fsp3) is 0.471. The van der Waals surface area contributed by atoms with Gasteiger partial charge in [-0.3, -0.25) is 14.4 Å². The van der Waals surface area contributed by atoms with Crippen LogP contribution in [0, 0.1) is 12.8 Å². The van der Waals surface area contributed by atoms with Crippen molar-refractivity contribution < 1.29 is 24.0 Å². The maximum absolute atomic E-state index is 14.1. The Balaban J connectivity index is 1.37. The van der Waals surface area contributed by atoms with Crippen molar-refractivity contribution in [3.8, 4) is 11.1 Å². The van der Waals surface area contributed by atoms with Gasteiger partial charge >= 0.3 is 0 Å². The summed E-state index contributed by atoms with van der Waals surface area (Å²) < 4.78 is 5.16. The number of nitrogens with one attached hydrogen (secondary N) is 1. The molecule has 4 unspecified atom stereocenters. The number of carbonyl (C=O) groups is 3. The van der Waals surface area contributed by atoms with E-state index in [4.69, 9.17) is 4.52 Å². The van der Waals surface area contributed by atoms with Crippen LogP contribution in [0.15, 0.2) is 53.3 Å². The van der Waals surface area contributed by atoms with Crippen molar-refractivity contribution in [2.24, 2.45) is 5.92 Å². The lowest BCUT2D eigenvalue weighted by molar-refractivity contribution is -0.143. The standard InChI is InChI=1S/C34H42N4O5/c1-19(2)30(38-16-23-10-8-9-11-26(23)32(38)41)33(42)37-17-24(39)15-29(37)31(40)35-20(3)25-13-12-22(14-28(25)34(5,6)7)27-18-43-36-21(27)4/h8-14,18-20,24,29-30,39H,15-17H2,1-7H3,(H,35,40). The molecule has 3 aromatic rings. The highest BCUT2D eigenvalue weighted by Gasteiger charge is 2.46. The third kappa shape index (κ3) is 5.83. The molecule has 5 rings (SSSR count). The van der Waals surface area contributed by atoms with Crippen LogP contribution in [0.2, 0.25) is 0 Å². The molecule has 43 heavy (non-hydrogen) atoms. The van der Waals surface area contributed by atoms with Crippen LogP contribution in [0.4, 0.5) is 0 Å². The van der Waals surface area contributed by atoms with Crippen LogP contribution in [0.1, 0.15) is 86.7 Å². The molecule has 0 radical (unpaired) electrons. The summed E-state index contributed by atoms with van der Waals surface area (Å²) in [6.45, 7) is 14.4. The van der Waals surface area contributed by atoms with Gasteiger partial charge in [0.2, 0.25) is 11.8 Å². The van der Waals surface area contributed by atoms with Gasteiger partial charge in [-0.05, 0) is 53.5 Å². The van der Waals surface area contributed by atoms with Gasteiger partial charge in [0.05, 0.1) is 17.8 Å². The number of aryl methyl sites for hydroxylation is 1. The molecule has 1 saturated heterocycles. The van der Waals surface area contributed by atoms with Crippen LogP contribution in [-0.2, 0) is 21.5 Å². The highest BCUT2D eigenvalue weighted by molar-refractivity contribution is 6.01. The molecule has 9 heteroatoms. The van der Waals surface area contributed by atoms with Gasteiger partial charge in [0.1, 0.15) is 18.3 Å². The van der Waals surface area contributed by atoms with Crippen molar-refractivity contribution in [2.45, 2.75) is 91.1 Å². The van der Waals surface area contributed by atoms with E-state index in [1.54, 1.807) is 17.2 Å². The number of benzene rings is 2. The first-order valence-corrected chi connectivity index (χ1v) is 15.0. The van der Waals surface area contributed by atoms with Gasteiger partial charge in [-0.2, -0.15) is 0 Å². The molecule has 1 fully saturated rings. The van der Waals surface area contributed by atoms with Crippen LogP contribution in [-0.4, -0.2) is 62.5 Å². The number of aliphatic hydroxyl groups is 1. The van der Waals surface area contributed by atoms with Gasteiger partial charge < -0.3 is 24.7 Å². The predicted octanol–water partition coefficient (Wildman–Crippen LogP) is 4.77. The predicted molar refractivity (Wildman–Crippen MR) is 163 cm³/mol. The third-order valence-electron chi connectivity index (χ3n) is 8.68. The summed E-state index contributed by atoms with van der Waals surface area (Å²) in [6, 6.07) is 11.6. The van der Waals surface area contributed by atoms with E-state index in [1.807, 2.05) is 58.0 Å². The number of aliphatic hydroxyl groups excluding tert-OH is 1. The van der Waals surface area contributed by atoms with Crippen molar-refractivity contribution in [2.75, 3.05) is 6.54 Å². The summed E-state index contributed by atoms with van der Waals surface area (Å²) in [5.41, 5.74) is 6.02.